The molecule has 1 saturated heterocycles. The number of aliphatic hydroxyl groups is 1. The van der Waals surface area contributed by atoms with E-state index < -0.39 is 52.3 Å². The second-order valence-electron chi connectivity index (χ2n) is 5.20. The molecule has 0 unspecified atom stereocenters. The first-order valence-electron chi connectivity index (χ1n) is 6.52. The van der Waals surface area contributed by atoms with Crippen LogP contribution in [0.25, 0.3) is 0 Å². The average Bonchev–Trinajstić information content (AvgIpc) is 2.44. The van der Waals surface area contributed by atoms with Crippen molar-refractivity contribution < 1.29 is 40.6 Å². The highest BCUT2D eigenvalue weighted by Gasteiger charge is 2.69. The number of alkyl halides is 6. The lowest BCUT2D eigenvalue weighted by atomic mass is 9.79. The maximum absolute atomic E-state index is 13.9. The second kappa shape index (κ2) is 6.09. The van der Waals surface area contributed by atoms with Gasteiger partial charge in [0.05, 0.1) is 6.04 Å². The van der Waals surface area contributed by atoms with Gasteiger partial charge >= 0.3 is 12.4 Å². The van der Waals surface area contributed by atoms with Gasteiger partial charge in [0, 0.05) is 5.56 Å². The third-order valence-electron chi connectivity index (χ3n) is 3.61. The number of nitrogens with one attached hydrogen (secondary N) is 2. The SMILES string of the molecule is O=C([C@@H]1[C@H](c2ccccc2F)NC(=S)N[C@@]1(O)C(F)(F)F)C(F)(F)F. The maximum atomic E-state index is 13.9. The smallest absolute Gasteiger partial charge is 0.363 e. The van der Waals surface area contributed by atoms with E-state index in [-0.39, 0.29) is 0 Å². The normalized spacial score (nSPS) is 27.4. The van der Waals surface area contributed by atoms with Gasteiger partial charge in [0.15, 0.2) is 5.11 Å². The summed E-state index contributed by atoms with van der Waals surface area (Å²) in [6.45, 7) is 0. The minimum absolute atomic E-state index is 0.684. The molecule has 2 rings (SSSR count). The van der Waals surface area contributed by atoms with E-state index in [1.807, 2.05) is 5.32 Å². The summed E-state index contributed by atoms with van der Waals surface area (Å²) >= 11 is 4.48. The van der Waals surface area contributed by atoms with Gasteiger partial charge in [0.1, 0.15) is 11.7 Å². The minimum atomic E-state index is -5.71. The quantitative estimate of drug-likeness (QED) is 0.535. The Hall–Kier alpha value is -1.95. The minimum Gasteiger partial charge on any atom is -0.363 e. The molecule has 0 aromatic heterocycles. The number of rotatable bonds is 2. The Labute approximate surface area is 141 Å². The molecule has 3 atom stereocenters. The predicted molar refractivity (Wildman–Crippen MR) is 73.6 cm³/mol. The molecule has 3 N–H and O–H groups in total. The highest BCUT2D eigenvalue weighted by atomic mass is 32.1. The summed E-state index contributed by atoms with van der Waals surface area (Å²) in [4.78, 5) is 11.7. The fourth-order valence-electron chi connectivity index (χ4n) is 2.50. The van der Waals surface area contributed by atoms with Crippen molar-refractivity contribution in [2.75, 3.05) is 0 Å². The molecule has 0 radical (unpaired) electrons. The zero-order valence-electron chi connectivity index (χ0n) is 11.9. The van der Waals surface area contributed by atoms with Crippen molar-refractivity contribution in [1.82, 2.24) is 10.6 Å². The third kappa shape index (κ3) is 3.40. The van der Waals surface area contributed by atoms with Crippen LogP contribution in [0.1, 0.15) is 11.6 Å². The number of carbonyl (C=O) groups is 1. The summed E-state index contributed by atoms with van der Waals surface area (Å²) in [5.41, 5.74) is -5.02. The molecule has 12 heteroatoms. The van der Waals surface area contributed by atoms with Crippen LogP contribution < -0.4 is 10.6 Å². The number of hydrogen-bond acceptors (Lipinski definition) is 3. The summed E-state index contributed by atoms with van der Waals surface area (Å²) in [7, 11) is 0. The Morgan fingerprint density at radius 3 is 2.20 bits per heavy atom. The van der Waals surface area contributed by atoms with E-state index in [2.05, 4.69) is 12.2 Å². The Morgan fingerprint density at radius 2 is 1.72 bits per heavy atom. The van der Waals surface area contributed by atoms with Crippen LogP contribution in [-0.2, 0) is 4.79 Å². The highest BCUT2D eigenvalue weighted by Crippen LogP contribution is 2.45. The Morgan fingerprint density at radius 1 is 1.16 bits per heavy atom. The van der Waals surface area contributed by atoms with E-state index in [0.29, 0.717) is 0 Å². The lowest BCUT2D eigenvalue weighted by Crippen LogP contribution is -2.73. The molecule has 4 nitrogen and oxygen atoms in total. The number of halogens is 7. The summed E-state index contributed by atoms with van der Waals surface area (Å²) < 4.78 is 92.3. The molecular weight excluding hydrogens is 381 g/mol. The van der Waals surface area contributed by atoms with E-state index in [4.69, 9.17) is 0 Å². The first-order chi connectivity index (χ1) is 11.3. The monoisotopic (exact) mass is 390 g/mol. The van der Waals surface area contributed by atoms with E-state index in [1.165, 1.54) is 5.32 Å². The predicted octanol–water partition coefficient (Wildman–Crippen LogP) is 2.34. The van der Waals surface area contributed by atoms with E-state index in [0.717, 1.165) is 24.3 Å². The van der Waals surface area contributed by atoms with Crippen molar-refractivity contribution in [1.29, 1.82) is 0 Å². The van der Waals surface area contributed by atoms with E-state index in [9.17, 15) is 40.6 Å². The van der Waals surface area contributed by atoms with Gasteiger partial charge in [-0.2, -0.15) is 26.3 Å². The summed E-state index contributed by atoms with van der Waals surface area (Å²) in [5.74, 6) is -7.23. The van der Waals surface area contributed by atoms with Crippen molar-refractivity contribution in [3.05, 3.63) is 35.6 Å². The molecule has 1 aliphatic rings. The molecule has 138 valence electrons. The molecule has 0 amide bonds. The average molecular weight is 390 g/mol. The molecular formula is C13H9F7N2O2S. The molecule has 1 aromatic rings. The van der Waals surface area contributed by atoms with Gasteiger partial charge < -0.3 is 15.7 Å². The number of ketones is 1. The van der Waals surface area contributed by atoms with Gasteiger partial charge in [-0.1, -0.05) is 18.2 Å². The number of Topliss-reactive ketones (excluding diaryl/α,β-unsaturated/α-hetero) is 1. The topological polar surface area (TPSA) is 61.4 Å². The van der Waals surface area contributed by atoms with Crippen LogP contribution in [0.15, 0.2) is 24.3 Å². The summed E-state index contributed by atoms with van der Waals surface area (Å²) in [6.07, 6.45) is -11.4. The first kappa shape index (κ1) is 19.4. The molecule has 1 aliphatic heterocycles. The zero-order chi connectivity index (χ0) is 19.2. The van der Waals surface area contributed by atoms with Crippen LogP contribution in [0.3, 0.4) is 0 Å². The van der Waals surface area contributed by atoms with E-state index in [1.54, 1.807) is 0 Å². The van der Waals surface area contributed by atoms with Crippen LogP contribution in [0.4, 0.5) is 30.7 Å². The standard InChI is InChI=1S/C13H9F7N2O2S/c14-6-4-2-1-3-5(6)8-7(9(23)12(15,16)17)11(24,13(18,19)20)22-10(25)21-8/h1-4,7-8,24H,(H2,21,22,25)/t7-,8-,11-/m0/s1. The van der Waals surface area contributed by atoms with Crippen molar-refractivity contribution in [3.8, 4) is 0 Å². The van der Waals surface area contributed by atoms with Crippen LogP contribution in [0, 0.1) is 11.7 Å². The summed E-state index contributed by atoms with van der Waals surface area (Å²) in [6, 6.07) is 1.76. The molecule has 1 aromatic carbocycles. The van der Waals surface area contributed by atoms with Crippen molar-refractivity contribution in [2.24, 2.45) is 5.92 Å². The number of thiocarbonyl (C=S) groups is 1. The van der Waals surface area contributed by atoms with E-state index >= 15 is 0 Å². The van der Waals surface area contributed by atoms with Crippen molar-refractivity contribution in [3.63, 3.8) is 0 Å². The Kier molecular flexibility index (Phi) is 4.72. The van der Waals surface area contributed by atoms with Crippen LogP contribution in [-0.4, -0.2) is 34.1 Å². The van der Waals surface area contributed by atoms with Gasteiger partial charge in [-0.15, -0.1) is 0 Å². The summed E-state index contributed by atoms with van der Waals surface area (Å²) in [5, 5.41) is 12.3. The number of benzene rings is 1. The number of carbonyl (C=O) groups excluding carboxylic acids is 1. The lowest BCUT2D eigenvalue weighted by molar-refractivity contribution is -0.293. The largest absolute Gasteiger partial charge is 0.450 e. The molecule has 0 aliphatic carbocycles. The molecule has 25 heavy (non-hydrogen) atoms. The zero-order valence-corrected chi connectivity index (χ0v) is 12.7. The lowest BCUT2D eigenvalue weighted by Gasteiger charge is -2.46. The van der Waals surface area contributed by atoms with Gasteiger partial charge in [-0.25, -0.2) is 4.39 Å². The first-order valence-corrected chi connectivity index (χ1v) is 6.93. The molecule has 0 bridgehead atoms. The molecule has 1 heterocycles. The van der Waals surface area contributed by atoms with Gasteiger partial charge in [0.25, 0.3) is 0 Å². The van der Waals surface area contributed by atoms with Gasteiger partial charge in [-0.05, 0) is 18.3 Å². The van der Waals surface area contributed by atoms with Crippen molar-refractivity contribution in [2.45, 2.75) is 24.1 Å². The molecule has 1 fully saturated rings. The molecule has 0 saturated carbocycles. The Balaban J connectivity index is 2.69. The Bertz CT molecular complexity index is 706. The van der Waals surface area contributed by atoms with Crippen LogP contribution in [0.2, 0.25) is 0 Å². The van der Waals surface area contributed by atoms with Gasteiger partial charge in [-0.3, -0.25) is 4.79 Å². The third-order valence-corrected chi connectivity index (χ3v) is 3.83. The van der Waals surface area contributed by atoms with Crippen molar-refractivity contribution >= 4 is 23.1 Å². The fourth-order valence-corrected chi connectivity index (χ4v) is 2.78. The van der Waals surface area contributed by atoms with Crippen LogP contribution >= 0.6 is 12.2 Å². The fraction of sp³-hybridized carbons (Fsp3) is 0.385. The van der Waals surface area contributed by atoms with Crippen LogP contribution in [0.5, 0.6) is 0 Å². The highest BCUT2D eigenvalue weighted by molar-refractivity contribution is 7.80. The maximum Gasteiger partial charge on any atom is 0.450 e. The van der Waals surface area contributed by atoms with Gasteiger partial charge in [0.2, 0.25) is 11.5 Å². The second-order valence-corrected chi connectivity index (χ2v) is 5.61. The number of hydrogen-bond donors (Lipinski definition) is 3. The molecule has 0 spiro atoms.